The minimum Gasteiger partial charge on any atom is -0.396 e. The van der Waals surface area contributed by atoms with Crippen LogP contribution in [0.3, 0.4) is 0 Å². The normalized spacial score (nSPS) is 11.9. The van der Waals surface area contributed by atoms with E-state index in [1.807, 2.05) is 6.92 Å². The first kappa shape index (κ1) is 15.5. The van der Waals surface area contributed by atoms with Crippen molar-refractivity contribution in [3.63, 3.8) is 0 Å². The molecule has 0 saturated carbocycles. The molecule has 0 aromatic carbocycles. The van der Waals surface area contributed by atoms with Crippen LogP contribution in [0.1, 0.15) is 24.7 Å². The Balaban J connectivity index is 2.81. The highest BCUT2D eigenvalue weighted by atomic mass is 32.1. The van der Waals surface area contributed by atoms with Crippen LogP contribution in [0.5, 0.6) is 0 Å². The molecule has 7 heteroatoms. The fourth-order valence-electron chi connectivity index (χ4n) is 1.60. The summed E-state index contributed by atoms with van der Waals surface area (Å²) in [5, 5.41) is 8.87. The Morgan fingerprint density at radius 2 is 2.37 bits per heavy atom. The third-order valence-corrected chi connectivity index (χ3v) is 3.37. The van der Waals surface area contributed by atoms with Gasteiger partial charge in [-0.05, 0) is 13.8 Å². The third kappa shape index (κ3) is 4.22. The molecule has 0 unspecified atom stereocenters. The second-order valence-corrected chi connectivity index (χ2v) is 4.75. The molecule has 0 bridgehead atoms. The van der Waals surface area contributed by atoms with Crippen molar-refractivity contribution in [3.8, 4) is 0 Å². The molecule has 0 aliphatic rings. The number of thiocarbonyl (C=S) groups is 1. The molecule has 0 aliphatic heterocycles. The number of anilines is 1. The monoisotopic (exact) mass is 282 g/mol. The molecule has 1 aromatic rings. The number of aliphatic hydroxyl groups is 1. The number of aryl methyl sites for hydroxylation is 1. The van der Waals surface area contributed by atoms with E-state index in [1.165, 1.54) is 4.90 Å². The van der Waals surface area contributed by atoms with Crippen molar-refractivity contribution >= 4 is 29.3 Å². The number of carbonyl (C=O) groups is 1. The van der Waals surface area contributed by atoms with Crippen LogP contribution in [0, 0.1) is 6.92 Å². The molecule has 6 nitrogen and oxygen atoms in total. The zero-order valence-electron chi connectivity index (χ0n) is 11.0. The number of rotatable bonds is 7. The highest BCUT2D eigenvalue weighted by Gasteiger charge is 2.17. The van der Waals surface area contributed by atoms with Gasteiger partial charge in [0.2, 0.25) is 6.41 Å². The Hall–Kier alpha value is -1.60. The molecule has 0 aliphatic carbocycles. The number of nitrogens with two attached hydrogens (primary N) is 1. The summed E-state index contributed by atoms with van der Waals surface area (Å²) in [6.45, 7) is 3.84. The second-order valence-electron chi connectivity index (χ2n) is 4.22. The van der Waals surface area contributed by atoms with Crippen LogP contribution in [0.4, 0.5) is 5.82 Å². The lowest BCUT2D eigenvalue weighted by molar-refractivity contribution is -0.119. The Kier molecular flexibility index (Phi) is 5.78. The summed E-state index contributed by atoms with van der Waals surface area (Å²) >= 11 is 5.17. The van der Waals surface area contributed by atoms with Crippen LogP contribution < -0.4 is 5.73 Å². The molecule has 3 N–H and O–H groups in total. The summed E-state index contributed by atoms with van der Waals surface area (Å²) in [4.78, 5) is 21.4. The summed E-state index contributed by atoms with van der Waals surface area (Å²) in [6, 6.07) is -0.250. The summed E-state index contributed by atoms with van der Waals surface area (Å²) < 4.78 is 0. The second kappa shape index (κ2) is 7.10. The SMILES string of the molecule is Cc1ncc(CN(C=O)[C@@H](C)C(=S)CCO)c(N)n1. The average Bonchev–Trinajstić information content (AvgIpc) is 2.37. The van der Waals surface area contributed by atoms with Crippen molar-refractivity contribution in [2.45, 2.75) is 32.9 Å². The number of aliphatic hydroxyl groups excluding tert-OH is 1. The predicted molar refractivity (Wildman–Crippen MR) is 76.6 cm³/mol. The molecule has 0 radical (unpaired) electrons. The molecule has 0 saturated heterocycles. The van der Waals surface area contributed by atoms with Crippen molar-refractivity contribution in [3.05, 3.63) is 17.6 Å². The van der Waals surface area contributed by atoms with Gasteiger partial charge in [-0.15, -0.1) is 0 Å². The van der Waals surface area contributed by atoms with E-state index in [0.29, 0.717) is 41.4 Å². The molecule has 1 heterocycles. The average molecular weight is 282 g/mol. The maximum atomic E-state index is 11.2. The fourth-order valence-corrected chi connectivity index (χ4v) is 1.83. The molecular weight excluding hydrogens is 264 g/mol. The number of amides is 1. The van der Waals surface area contributed by atoms with Crippen LogP contribution in [-0.4, -0.2) is 43.9 Å². The van der Waals surface area contributed by atoms with Crippen molar-refractivity contribution in [1.82, 2.24) is 14.9 Å². The van der Waals surface area contributed by atoms with Gasteiger partial charge >= 0.3 is 0 Å². The van der Waals surface area contributed by atoms with Gasteiger partial charge in [0.15, 0.2) is 0 Å². The van der Waals surface area contributed by atoms with Gasteiger partial charge in [0.25, 0.3) is 0 Å². The predicted octanol–water partition coefficient (Wildman–Crippen LogP) is 0.466. The lowest BCUT2D eigenvalue weighted by atomic mass is 10.1. The quantitative estimate of drug-likeness (QED) is 0.558. The summed E-state index contributed by atoms with van der Waals surface area (Å²) in [5.74, 6) is 0.947. The number of nitrogens with zero attached hydrogens (tertiary/aromatic N) is 3. The van der Waals surface area contributed by atoms with E-state index in [9.17, 15) is 4.79 Å². The number of nitrogen functional groups attached to an aromatic ring is 1. The highest BCUT2D eigenvalue weighted by molar-refractivity contribution is 7.80. The Bertz CT molecular complexity index is 467. The van der Waals surface area contributed by atoms with Gasteiger partial charge in [0, 0.05) is 29.7 Å². The largest absolute Gasteiger partial charge is 0.396 e. The molecule has 1 amide bonds. The molecule has 0 spiro atoms. The maximum Gasteiger partial charge on any atom is 0.210 e. The third-order valence-electron chi connectivity index (χ3n) is 2.83. The summed E-state index contributed by atoms with van der Waals surface area (Å²) in [5.41, 5.74) is 6.47. The van der Waals surface area contributed by atoms with Crippen LogP contribution in [0.25, 0.3) is 0 Å². The van der Waals surface area contributed by atoms with Gasteiger partial charge in [0.1, 0.15) is 11.6 Å². The fraction of sp³-hybridized carbons (Fsp3) is 0.500. The van der Waals surface area contributed by atoms with Crippen LogP contribution in [0.2, 0.25) is 0 Å². The first-order valence-electron chi connectivity index (χ1n) is 5.92. The zero-order chi connectivity index (χ0) is 14.4. The smallest absolute Gasteiger partial charge is 0.210 e. The highest BCUT2D eigenvalue weighted by Crippen LogP contribution is 2.13. The van der Waals surface area contributed by atoms with Gasteiger partial charge in [-0.3, -0.25) is 4.79 Å². The molecule has 1 aromatic heterocycles. The van der Waals surface area contributed by atoms with Gasteiger partial charge in [-0.25, -0.2) is 9.97 Å². The summed E-state index contributed by atoms with van der Waals surface area (Å²) in [6.07, 6.45) is 2.71. The van der Waals surface area contributed by atoms with Gasteiger partial charge in [0.05, 0.1) is 12.6 Å². The van der Waals surface area contributed by atoms with E-state index >= 15 is 0 Å². The molecule has 19 heavy (non-hydrogen) atoms. The van der Waals surface area contributed by atoms with Gasteiger partial charge < -0.3 is 15.7 Å². The lowest BCUT2D eigenvalue weighted by Gasteiger charge is -2.26. The summed E-state index contributed by atoms with van der Waals surface area (Å²) in [7, 11) is 0. The number of hydrogen-bond acceptors (Lipinski definition) is 6. The minimum absolute atomic E-state index is 0.0222. The Morgan fingerprint density at radius 3 is 2.89 bits per heavy atom. The Labute approximate surface area is 117 Å². The van der Waals surface area contributed by atoms with Crippen molar-refractivity contribution in [2.24, 2.45) is 0 Å². The van der Waals surface area contributed by atoms with Crippen molar-refractivity contribution in [1.29, 1.82) is 0 Å². The van der Waals surface area contributed by atoms with E-state index in [1.54, 1.807) is 13.1 Å². The van der Waals surface area contributed by atoms with Crippen molar-refractivity contribution < 1.29 is 9.90 Å². The van der Waals surface area contributed by atoms with E-state index in [0.717, 1.165) is 0 Å². The topological polar surface area (TPSA) is 92.3 Å². The molecular formula is C12H18N4O2S. The number of aromatic nitrogens is 2. The molecule has 1 atom stereocenters. The molecule has 0 fully saturated rings. The van der Waals surface area contributed by atoms with Gasteiger partial charge in [-0.1, -0.05) is 12.2 Å². The van der Waals surface area contributed by atoms with Crippen LogP contribution >= 0.6 is 12.2 Å². The first-order valence-corrected chi connectivity index (χ1v) is 6.33. The molecule has 104 valence electrons. The van der Waals surface area contributed by atoms with Crippen LogP contribution in [-0.2, 0) is 11.3 Å². The van der Waals surface area contributed by atoms with Gasteiger partial charge in [-0.2, -0.15) is 0 Å². The first-order chi connectivity index (χ1) is 8.99. The lowest BCUT2D eigenvalue weighted by Crippen LogP contribution is -2.37. The van der Waals surface area contributed by atoms with E-state index < -0.39 is 0 Å². The number of hydrogen-bond donors (Lipinski definition) is 2. The standard InChI is InChI=1S/C12H18N4O2S/c1-8(11(19)3-4-17)16(7-18)6-10-5-14-9(2)15-12(10)13/h5,7-8,17H,3-4,6H2,1-2H3,(H2,13,14,15)/t8-/m0/s1. The van der Waals surface area contributed by atoms with E-state index in [2.05, 4.69) is 9.97 Å². The van der Waals surface area contributed by atoms with E-state index in [-0.39, 0.29) is 12.6 Å². The van der Waals surface area contributed by atoms with Crippen LogP contribution in [0.15, 0.2) is 6.20 Å². The Morgan fingerprint density at radius 1 is 1.68 bits per heavy atom. The van der Waals surface area contributed by atoms with E-state index in [4.69, 9.17) is 23.1 Å². The molecule has 1 rings (SSSR count). The zero-order valence-corrected chi connectivity index (χ0v) is 11.9. The minimum atomic E-state index is -0.250. The van der Waals surface area contributed by atoms with Crippen molar-refractivity contribution in [2.75, 3.05) is 12.3 Å². The number of carbonyl (C=O) groups excluding carboxylic acids is 1. The maximum absolute atomic E-state index is 11.2.